The van der Waals surface area contributed by atoms with Gasteiger partial charge in [-0.3, -0.25) is 9.59 Å². The molecule has 1 N–H and O–H groups in total. The topological polar surface area (TPSA) is 58.6 Å². The number of benzene rings is 2. The first-order valence-electron chi connectivity index (χ1n) is 7.52. The molecular formula is C18H18N2O3. The molecule has 0 aromatic heterocycles. The minimum Gasteiger partial charge on any atom is -0.492 e. The lowest BCUT2D eigenvalue weighted by molar-refractivity contribution is -0.126. The van der Waals surface area contributed by atoms with Gasteiger partial charge in [0.25, 0.3) is 5.91 Å². The Hall–Kier alpha value is -2.82. The largest absolute Gasteiger partial charge is 0.492 e. The van der Waals surface area contributed by atoms with E-state index in [0.29, 0.717) is 13.2 Å². The van der Waals surface area contributed by atoms with Gasteiger partial charge in [0.2, 0.25) is 5.91 Å². The van der Waals surface area contributed by atoms with E-state index >= 15 is 0 Å². The number of rotatable bonds is 5. The normalized spacial score (nSPS) is 16.1. The zero-order chi connectivity index (χ0) is 16.2. The maximum atomic E-state index is 12.6. The van der Waals surface area contributed by atoms with Gasteiger partial charge in [0.15, 0.2) is 0 Å². The van der Waals surface area contributed by atoms with E-state index in [1.165, 1.54) is 6.92 Å². The van der Waals surface area contributed by atoms with Crippen LogP contribution < -0.4 is 15.0 Å². The summed E-state index contributed by atoms with van der Waals surface area (Å²) in [6.07, 6.45) is 0. The second kappa shape index (κ2) is 6.52. The lowest BCUT2D eigenvalue weighted by atomic mass is 10.1. The van der Waals surface area contributed by atoms with Crippen molar-refractivity contribution in [2.45, 2.75) is 13.0 Å². The Balaban J connectivity index is 1.72. The van der Waals surface area contributed by atoms with Crippen LogP contribution in [0.2, 0.25) is 0 Å². The minimum atomic E-state index is -0.611. The van der Waals surface area contributed by atoms with E-state index in [1.807, 2.05) is 54.6 Å². The van der Waals surface area contributed by atoms with Crippen molar-refractivity contribution in [1.82, 2.24) is 5.32 Å². The molecular weight excluding hydrogens is 292 g/mol. The number of fused-ring (bicyclic) bond motifs is 1. The number of anilines is 1. The Morgan fingerprint density at radius 3 is 2.57 bits per heavy atom. The van der Waals surface area contributed by atoms with Crippen LogP contribution in [0.1, 0.15) is 18.5 Å². The predicted molar refractivity (Wildman–Crippen MR) is 87.3 cm³/mol. The molecule has 3 rings (SSSR count). The fraction of sp³-hybridized carbons (Fsp3) is 0.222. The summed E-state index contributed by atoms with van der Waals surface area (Å²) in [7, 11) is 0. The van der Waals surface area contributed by atoms with Gasteiger partial charge in [-0.1, -0.05) is 36.4 Å². The molecule has 0 unspecified atom stereocenters. The van der Waals surface area contributed by atoms with Crippen LogP contribution >= 0.6 is 0 Å². The van der Waals surface area contributed by atoms with E-state index < -0.39 is 6.04 Å². The number of amides is 2. The second-order valence-electron chi connectivity index (χ2n) is 5.34. The van der Waals surface area contributed by atoms with E-state index in [1.54, 1.807) is 4.90 Å². The van der Waals surface area contributed by atoms with Gasteiger partial charge in [-0.05, 0) is 18.2 Å². The summed E-state index contributed by atoms with van der Waals surface area (Å²) in [6.45, 7) is 2.23. The molecule has 0 aliphatic carbocycles. The molecule has 2 aromatic rings. The van der Waals surface area contributed by atoms with E-state index in [-0.39, 0.29) is 11.8 Å². The molecule has 1 aliphatic rings. The molecule has 118 valence electrons. The van der Waals surface area contributed by atoms with Crippen LogP contribution in [0.15, 0.2) is 54.6 Å². The highest BCUT2D eigenvalue weighted by Gasteiger charge is 2.37. The summed E-state index contributed by atoms with van der Waals surface area (Å²) in [4.78, 5) is 25.6. The van der Waals surface area contributed by atoms with Crippen molar-refractivity contribution in [2.75, 3.05) is 18.1 Å². The van der Waals surface area contributed by atoms with E-state index in [0.717, 1.165) is 17.0 Å². The number of nitrogens with zero attached hydrogens (tertiary/aromatic N) is 1. The quantitative estimate of drug-likeness (QED) is 0.922. The average Bonchev–Trinajstić information content (AvgIpc) is 2.81. The van der Waals surface area contributed by atoms with Gasteiger partial charge in [0, 0.05) is 18.2 Å². The molecule has 1 atom stereocenters. The summed E-state index contributed by atoms with van der Waals surface area (Å²) in [5.41, 5.74) is 1.65. The summed E-state index contributed by atoms with van der Waals surface area (Å²) in [5.74, 6) is 0.421. The molecule has 1 aliphatic heterocycles. The number of ether oxygens (including phenoxy) is 1. The van der Waals surface area contributed by atoms with Crippen LogP contribution in [0.25, 0.3) is 0 Å². The molecule has 23 heavy (non-hydrogen) atoms. The van der Waals surface area contributed by atoms with Crippen molar-refractivity contribution in [3.05, 3.63) is 60.2 Å². The molecule has 0 fully saturated rings. The summed E-state index contributed by atoms with van der Waals surface area (Å²) < 4.78 is 5.67. The van der Waals surface area contributed by atoms with E-state index in [4.69, 9.17) is 4.74 Å². The van der Waals surface area contributed by atoms with E-state index in [9.17, 15) is 9.59 Å². The van der Waals surface area contributed by atoms with Gasteiger partial charge < -0.3 is 15.0 Å². The monoisotopic (exact) mass is 310 g/mol. The molecule has 5 nitrogen and oxygen atoms in total. The fourth-order valence-corrected chi connectivity index (χ4v) is 2.73. The molecule has 5 heteroatoms. The van der Waals surface area contributed by atoms with Crippen LogP contribution in [-0.4, -0.2) is 25.0 Å². The van der Waals surface area contributed by atoms with Gasteiger partial charge in [0.1, 0.15) is 18.4 Å². The summed E-state index contributed by atoms with van der Waals surface area (Å²) in [5, 5.41) is 2.71. The maximum Gasteiger partial charge on any atom is 0.254 e. The Morgan fingerprint density at radius 1 is 1.13 bits per heavy atom. The van der Waals surface area contributed by atoms with Crippen LogP contribution in [0, 0.1) is 0 Å². The van der Waals surface area contributed by atoms with Crippen molar-refractivity contribution < 1.29 is 14.3 Å². The Kier molecular flexibility index (Phi) is 4.28. The highest BCUT2D eigenvalue weighted by molar-refractivity contribution is 6.06. The van der Waals surface area contributed by atoms with Crippen molar-refractivity contribution in [1.29, 1.82) is 0 Å². The minimum absolute atomic E-state index is 0.127. The Bertz CT molecular complexity index is 715. The second-order valence-corrected chi connectivity index (χ2v) is 5.34. The molecule has 0 spiro atoms. The summed E-state index contributed by atoms with van der Waals surface area (Å²) in [6, 6.07) is 16.4. The van der Waals surface area contributed by atoms with Gasteiger partial charge in [-0.25, -0.2) is 0 Å². The first kappa shape index (κ1) is 15.1. The average molecular weight is 310 g/mol. The van der Waals surface area contributed by atoms with Gasteiger partial charge in [0.05, 0.1) is 6.54 Å². The molecule has 1 heterocycles. The number of nitrogens with one attached hydrogen (secondary N) is 1. The summed E-state index contributed by atoms with van der Waals surface area (Å²) >= 11 is 0. The van der Waals surface area contributed by atoms with E-state index in [2.05, 4.69) is 5.32 Å². The van der Waals surface area contributed by atoms with Gasteiger partial charge in [-0.15, -0.1) is 0 Å². The Labute approximate surface area is 134 Å². The third-order valence-corrected chi connectivity index (χ3v) is 3.73. The zero-order valence-corrected chi connectivity index (χ0v) is 12.9. The van der Waals surface area contributed by atoms with Crippen molar-refractivity contribution in [2.24, 2.45) is 0 Å². The number of hydrogen-bond donors (Lipinski definition) is 1. The first-order valence-corrected chi connectivity index (χ1v) is 7.52. The highest BCUT2D eigenvalue weighted by atomic mass is 16.5. The fourth-order valence-electron chi connectivity index (χ4n) is 2.73. The number of hydrogen-bond acceptors (Lipinski definition) is 3. The van der Waals surface area contributed by atoms with Crippen molar-refractivity contribution in [3.8, 4) is 5.75 Å². The standard InChI is InChI=1S/C18H18N2O3/c1-13(21)19-17-15-9-5-6-10-16(15)20(18(17)22)11-12-23-14-7-3-2-4-8-14/h2-10,17H,11-12H2,1H3,(H,19,21)/t17-/m0/s1. The SMILES string of the molecule is CC(=O)N[C@@H]1C(=O)N(CCOc2ccccc2)c2ccccc21. The smallest absolute Gasteiger partial charge is 0.254 e. The third kappa shape index (κ3) is 3.18. The molecule has 2 aromatic carbocycles. The lowest BCUT2D eigenvalue weighted by Gasteiger charge is -2.18. The highest BCUT2D eigenvalue weighted by Crippen LogP contribution is 2.35. The molecule has 2 amide bonds. The maximum absolute atomic E-state index is 12.6. The lowest BCUT2D eigenvalue weighted by Crippen LogP contribution is -2.38. The van der Waals surface area contributed by atoms with Crippen LogP contribution in [0.5, 0.6) is 5.75 Å². The van der Waals surface area contributed by atoms with Gasteiger partial charge >= 0.3 is 0 Å². The molecule has 0 radical (unpaired) electrons. The van der Waals surface area contributed by atoms with Crippen molar-refractivity contribution >= 4 is 17.5 Å². The molecule has 0 saturated heterocycles. The first-order chi connectivity index (χ1) is 11.2. The zero-order valence-electron chi connectivity index (χ0n) is 12.9. The van der Waals surface area contributed by atoms with Crippen LogP contribution in [-0.2, 0) is 9.59 Å². The number of carbonyl (C=O) groups excluding carboxylic acids is 2. The van der Waals surface area contributed by atoms with Crippen LogP contribution in [0.4, 0.5) is 5.69 Å². The van der Waals surface area contributed by atoms with Crippen LogP contribution in [0.3, 0.4) is 0 Å². The third-order valence-electron chi connectivity index (χ3n) is 3.73. The van der Waals surface area contributed by atoms with Crippen molar-refractivity contribution in [3.63, 3.8) is 0 Å². The molecule has 0 bridgehead atoms. The number of carbonyl (C=O) groups is 2. The van der Waals surface area contributed by atoms with Gasteiger partial charge in [-0.2, -0.15) is 0 Å². The predicted octanol–water partition coefficient (Wildman–Crippen LogP) is 2.29. The Morgan fingerprint density at radius 2 is 1.83 bits per heavy atom. The molecule has 0 saturated carbocycles. The number of para-hydroxylation sites is 2.